The maximum absolute atomic E-state index is 3.98. The van der Waals surface area contributed by atoms with Crippen LogP contribution in [-0.4, -0.2) is 52.8 Å². The highest BCUT2D eigenvalue weighted by Gasteiger charge is 2.08. The summed E-state index contributed by atoms with van der Waals surface area (Å²) < 4.78 is 0. The molecule has 82 valence electrons. The van der Waals surface area contributed by atoms with E-state index in [2.05, 4.69) is 20.4 Å². The van der Waals surface area contributed by atoms with E-state index in [0.29, 0.717) is 0 Å². The third kappa shape index (κ3) is 3.68. The molecule has 0 atom stereocenters. The van der Waals surface area contributed by atoms with Crippen molar-refractivity contribution in [3.05, 3.63) is 18.3 Å². The van der Waals surface area contributed by atoms with Crippen molar-refractivity contribution in [3.8, 4) is 0 Å². The molecule has 1 aliphatic rings. The van der Waals surface area contributed by atoms with E-state index in [9.17, 15) is 0 Å². The van der Waals surface area contributed by atoms with E-state index in [-0.39, 0.29) is 0 Å². The number of thioether (sulfide) groups is 1. The molecule has 0 aromatic carbocycles. The first-order valence-corrected chi connectivity index (χ1v) is 6.42. The maximum atomic E-state index is 3.98. The normalized spacial score (nSPS) is 17.6. The molecule has 0 unspecified atom stereocenters. The monoisotopic (exact) mass is 224 g/mol. The number of nitrogens with zero attached hydrogens (tertiary/aromatic N) is 3. The molecule has 1 N–H and O–H groups in total. The van der Waals surface area contributed by atoms with E-state index in [0.717, 1.165) is 18.9 Å². The third-order valence-corrected chi connectivity index (χ3v) is 3.35. The predicted octanol–water partition coefficient (Wildman–Crippen LogP) is 0.937. The molecule has 15 heavy (non-hydrogen) atoms. The average Bonchev–Trinajstić information content (AvgIpc) is 2.32. The highest BCUT2D eigenvalue weighted by Crippen LogP contribution is 2.08. The Morgan fingerprint density at radius 3 is 3.00 bits per heavy atom. The number of nitrogens with one attached hydrogen (secondary N) is 1. The molecule has 0 radical (unpaired) electrons. The van der Waals surface area contributed by atoms with Crippen molar-refractivity contribution in [2.45, 2.75) is 0 Å². The molecule has 1 aliphatic heterocycles. The Balaban J connectivity index is 1.66. The largest absolute Gasteiger partial charge is 0.367 e. The fourth-order valence-corrected chi connectivity index (χ4v) is 2.54. The molecule has 0 saturated carbocycles. The second kappa shape index (κ2) is 5.92. The minimum atomic E-state index is 0.865. The van der Waals surface area contributed by atoms with Crippen LogP contribution in [0.25, 0.3) is 0 Å². The first kappa shape index (κ1) is 10.7. The highest BCUT2D eigenvalue weighted by atomic mass is 32.2. The molecule has 2 heterocycles. The van der Waals surface area contributed by atoms with Gasteiger partial charge in [-0.1, -0.05) is 0 Å². The highest BCUT2D eigenvalue weighted by molar-refractivity contribution is 7.99. The molecular formula is C10H16N4S. The minimum absolute atomic E-state index is 0.865. The van der Waals surface area contributed by atoms with Crippen LogP contribution in [0.4, 0.5) is 5.82 Å². The van der Waals surface area contributed by atoms with Gasteiger partial charge in [0.1, 0.15) is 5.82 Å². The van der Waals surface area contributed by atoms with Gasteiger partial charge in [-0.25, -0.2) is 0 Å². The SMILES string of the molecule is c1cnnc(NCCN2CCSCC2)c1. The van der Waals surface area contributed by atoms with Crippen molar-refractivity contribution >= 4 is 17.6 Å². The van der Waals surface area contributed by atoms with Gasteiger partial charge in [-0.15, -0.1) is 5.10 Å². The second-order valence-electron chi connectivity index (χ2n) is 3.49. The van der Waals surface area contributed by atoms with Crippen LogP contribution in [0.5, 0.6) is 0 Å². The topological polar surface area (TPSA) is 41.1 Å². The van der Waals surface area contributed by atoms with Crippen molar-refractivity contribution in [2.75, 3.05) is 43.0 Å². The summed E-state index contributed by atoms with van der Waals surface area (Å²) in [6.07, 6.45) is 1.69. The lowest BCUT2D eigenvalue weighted by Gasteiger charge is -2.25. The van der Waals surface area contributed by atoms with Crippen LogP contribution in [0, 0.1) is 0 Å². The molecular weight excluding hydrogens is 208 g/mol. The van der Waals surface area contributed by atoms with Gasteiger partial charge in [0.05, 0.1) is 0 Å². The van der Waals surface area contributed by atoms with Crippen LogP contribution in [0.15, 0.2) is 18.3 Å². The molecule has 0 spiro atoms. The van der Waals surface area contributed by atoms with Gasteiger partial charge in [-0.3, -0.25) is 4.90 Å². The summed E-state index contributed by atoms with van der Waals surface area (Å²) in [6.45, 7) is 4.47. The summed E-state index contributed by atoms with van der Waals surface area (Å²) in [5, 5.41) is 11.1. The van der Waals surface area contributed by atoms with Gasteiger partial charge < -0.3 is 5.32 Å². The van der Waals surface area contributed by atoms with E-state index >= 15 is 0 Å². The number of hydrogen-bond donors (Lipinski definition) is 1. The quantitative estimate of drug-likeness (QED) is 0.824. The van der Waals surface area contributed by atoms with Gasteiger partial charge in [-0.2, -0.15) is 16.9 Å². The Morgan fingerprint density at radius 1 is 1.40 bits per heavy atom. The van der Waals surface area contributed by atoms with Crippen molar-refractivity contribution < 1.29 is 0 Å². The molecule has 1 fully saturated rings. The number of anilines is 1. The van der Waals surface area contributed by atoms with Crippen LogP contribution >= 0.6 is 11.8 Å². The summed E-state index contributed by atoms with van der Waals surface area (Å²) in [5.74, 6) is 3.40. The van der Waals surface area contributed by atoms with E-state index in [1.54, 1.807) is 6.20 Å². The van der Waals surface area contributed by atoms with Gasteiger partial charge in [-0.05, 0) is 12.1 Å². The van der Waals surface area contributed by atoms with Gasteiger partial charge >= 0.3 is 0 Å². The molecule has 1 aromatic rings. The zero-order chi connectivity index (χ0) is 10.3. The van der Waals surface area contributed by atoms with Crippen molar-refractivity contribution in [2.24, 2.45) is 0 Å². The lowest BCUT2D eigenvalue weighted by molar-refractivity contribution is 0.314. The van der Waals surface area contributed by atoms with Gasteiger partial charge in [0, 0.05) is 43.9 Å². The number of hydrogen-bond acceptors (Lipinski definition) is 5. The number of rotatable bonds is 4. The fourth-order valence-electron chi connectivity index (χ4n) is 1.56. The summed E-state index contributed by atoms with van der Waals surface area (Å²) in [5.41, 5.74) is 0. The third-order valence-electron chi connectivity index (χ3n) is 2.41. The Bertz CT molecular complexity index is 274. The van der Waals surface area contributed by atoms with Crippen molar-refractivity contribution in [1.29, 1.82) is 0 Å². The summed E-state index contributed by atoms with van der Waals surface area (Å²) in [7, 11) is 0. The predicted molar refractivity (Wildman–Crippen MR) is 64.3 cm³/mol. The summed E-state index contributed by atoms with van der Waals surface area (Å²) in [6, 6.07) is 3.84. The first-order valence-electron chi connectivity index (χ1n) is 5.27. The Labute approximate surface area is 94.5 Å². The Hall–Kier alpha value is -0.810. The molecule has 4 nitrogen and oxygen atoms in total. The van der Waals surface area contributed by atoms with Crippen LogP contribution in [0.3, 0.4) is 0 Å². The smallest absolute Gasteiger partial charge is 0.148 e. The van der Waals surface area contributed by atoms with E-state index in [1.807, 2.05) is 23.9 Å². The van der Waals surface area contributed by atoms with E-state index in [4.69, 9.17) is 0 Å². The van der Waals surface area contributed by atoms with Gasteiger partial charge in [0.15, 0.2) is 0 Å². The zero-order valence-corrected chi connectivity index (χ0v) is 9.54. The van der Waals surface area contributed by atoms with Crippen LogP contribution < -0.4 is 5.32 Å². The zero-order valence-electron chi connectivity index (χ0n) is 8.72. The summed E-state index contributed by atoms with van der Waals surface area (Å²) in [4.78, 5) is 2.49. The Morgan fingerprint density at radius 2 is 2.27 bits per heavy atom. The molecule has 5 heteroatoms. The second-order valence-corrected chi connectivity index (χ2v) is 4.71. The van der Waals surface area contributed by atoms with E-state index < -0.39 is 0 Å². The van der Waals surface area contributed by atoms with Crippen LogP contribution in [0.1, 0.15) is 0 Å². The summed E-state index contributed by atoms with van der Waals surface area (Å²) >= 11 is 2.04. The fraction of sp³-hybridized carbons (Fsp3) is 0.600. The molecule has 2 rings (SSSR count). The molecule has 0 bridgehead atoms. The van der Waals surface area contributed by atoms with Gasteiger partial charge in [0.25, 0.3) is 0 Å². The molecule has 1 aromatic heterocycles. The van der Waals surface area contributed by atoms with Gasteiger partial charge in [0.2, 0.25) is 0 Å². The average molecular weight is 224 g/mol. The molecule has 0 aliphatic carbocycles. The van der Waals surface area contributed by atoms with Crippen LogP contribution in [-0.2, 0) is 0 Å². The Kier molecular flexibility index (Phi) is 4.23. The van der Waals surface area contributed by atoms with Crippen molar-refractivity contribution in [1.82, 2.24) is 15.1 Å². The van der Waals surface area contributed by atoms with E-state index in [1.165, 1.54) is 24.6 Å². The lowest BCUT2D eigenvalue weighted by Crippen LogP contribution is -2.36. The maximum Gasteiger partial charge on any atom is 0.148 e. The lowest BCUT2D eigenvalue weighted by atomic mass is 10.4. The number of aromatic nitrogens is 2. The van der Waals surface area contributed by atoms with Crippen molar-refractivity contribution in [3.63, 3.8) is 0 Å². The molecule has 1 saturated heterocycles. The standard InChI is InChI=1S/C10H16N4S/c1-2-10(13-12-3-1)11-4-5-14-6-8-15-9-7-14/h1-3H,4-9H2,(H,11,13). The molecule has 0 amide bonds. The van der Waals surface area contributed by atoms with Crippen LogP contribution in [0.2, 0.25) is 0 Å². The first-order chi connectivity index (χ1) is 7.45. The minimum Gasteiger partial charge on any atom is -0.367 e.